The number of thiophene rings is 1. The smallest absolute Gasteiger partial charge is 0.197 e. The Bertz CT molecular complexity index is 293. The Kier molecular flexibility index (Phi) is 3.17. The van der Waals surface area contributed by atoms with Gasteiger partial charge in [0.05, 0.1) is 23.5 Å². The molecule has 0 spiro atoms. The lowest BCUT2D eigenvalue weighted by atomic mass is 9.95. The maximum absolute atomic E-state index is 5.85. The van der Waals surface area contributed by atoms with Crippen molar-refractivity contribution in [2.45, 2.75) is 18.2 Å². The molecule has 0 unspecified atom stereocenters. The van der Waals surface area contributed by atoms with Crippen molar-refractivity contribution in [2.24, 2.45) is 0 Å². The summed E-state index contributed by atoms with van der Waals surface area (Å²) in [6, 6.07) is 4.06. The van der Waals surface area contributed by atoms with E-state index in [0.29, 0.717) is 12.5 Å². The third-order valence-electron chi connectivity index (χ3n) is 2.39. The van der Waals surface area contributed by atoms with E-state index in [1.54, 1.807) is 11.3 Å². The maximum Gasteiger partial charge on any atom is 0.197 e. The number of halogens is 1. The minimum absolute atomic E-state index is 0.0266. The highest BCUT2D eigenvalue weighted by Gasteiger charge is 2.41. The van der Waals surface area contributed by atoms with E-state index < -0.39 is 5.79 Å². The molecule has 0 radical (unpaired) electrons. The zero-order valence-electron chi connectivity index (χ0n) is 8.03. The molecule has 0 N–H and O–H groups in total. The topological polar surface area (TPSA) is 18.5 Å². The largest absolute Gasteiger partial charge is 0.343 e. The minimum atomic E-state index is -0.534. The van der Waals surface area contributed by atoms with Gasteiger partial charge in [0.15, 0.2) is 5.79 Å². The molecule has 0 aliphatic carbocycles. The fourth-order valence-electron chi connectivity index (χ4n) is 1.62. The fraction of sp³-hybridized carbons (Fsp3) is 0.556. The molecule has 14 heavy (non-hydrogen) atoms. The standard InChI is InChI=1S/C9H12BClO2S/c10-6-9(8-2-1-3-14-8)12-5-7(4-11)13-9/h1-3,7H,4-6,10H2/t7-,9-/m1/s1. The molecule has 2 nitrogen and oxygen atoms in total. The fourth-order valence-corrected chi connectivity index (χ4v) is 2.67. The first kappa shape index (κ1) is 10.5. The van der Waals surface area contributed by atoms with Gasteiger partial charge in [0.2, 0.25) is 0 Å². The molecule has 1 aliphatic rings. The van der Waals surface area contributed by atoms with Crippen LogP contribution in [-0.2, 0) is 15.3 Å². The Morgan fingerprint density at radius 2 is 2.57 bits per heavy atom. The Balaban J connectivity index is 2.20. The van der Waals surface area contributed by atoms with Crippen LogP contribution in [0.15, 0.2) is 17.5 Å². The van der Waals surface area contributed by atoms with Crippen LogP contribution in [0.2, 0.25) is 6.32 Å². The zero-order valence-corrected chi connectivity index (χ0v) is 9.61. The number of rotatable bonds is 3. The molecule has 0 aromatic carbocycles. The Morgan fingerprint density at radius 1 is 1.71 bits per heavy atom. The van der Waals surface area contributed by atoms with Crippen LogP contribution in [0.3, 0.4) is 0 Å². The van der Waals surface area contributed by atoms with Gasteiger partial charge in [-0.15, -0.1) is 22.9 Å². The maximum atomic E-state index is 5.85. The summed E-state index contributed by atoms with van der Waals surface area (Å²) in [5, 5.41) is 2.04. The van der Waals surface area contributed by atoms with Crippen molar-refractivity contribution in [2.75, 3.05) is 12.5 Å². The second kappa shape index (κ2) is 4.23. The van der Waals surface area contributed by atoms with E-state index in [0.717, 1.165) is 11.2 Å². The van der Waals surface area contributed by atoms with Crippen molar-refractivity contribution in [3.8, 4) is 0 Å². The summed E-state index contributed by atoms with van der Waals surface area (Å²) in [6.45, 7) is 0.593. The van der Waals surface area contributed by atoms with Gasteiger partial charge in [0.25, 0.3) is 0 Å². The van der Waals surface area contributed by atoms with E-state index in [9.17, 15) is 0 Å². The van der Waals surface area contributed by atoms with E-state index in [1.165, 1.54) is 0 Å². The second-order valence-electron chi connectivity index (χ2n) is 3.29. The molecule has 1 saturated heterocycles. The molecule has 1 aromatic rings. The van der Waals surface area contributed by atoms with Gasteiger partial charge in [-0.1, -0.05) is 6.07 Å². The van der Waals surface area contributed by atoms with Crippen molar-refractivity contribution >= 4 is 30.8 Å². The number of hydrogen-bond acceptors (Lipinski definition) is 3. The van der Waals surface area contributed by atoms with Gasteiger partial charge < -0.3 is 9.47 Å². The summed E-state index contributed by atoms with van der Waals surface area (Å²) >= 11 is 7.41. The normalized spacial score (nSPS) is 32.2. The zero-order chi connectivity index (χ0) is 10.0. The highest BCUT2D eigenvalue weighted by molar-refractivity contribution is 7.10. The van der Waals surface area contributed by atoms with E-state index >= 15 is 0 Å². The predicted octanol–water partition coefficient (Wildman–Crippen LogP) is 1.61. The van der Waals surface area contributed by atoms with Crippen molar-refractivity contribution in [3.05, 3.63) is 22.4 Å². The first-order valence-electron chi connectivity index (χ1n) is 4.72. The van der Waals surface area contributed by atoms with Gasteiger partial charge in [-0.3, -0.25) is 0 Å². The quantitative estimate of drug-likeness (QED) is 0.580. The van der Waals surface area contributed by atoms with Crippen LogP contribution in [-0.4, -0.2) is 26.4 Å². The molecular formula is C9H12BClO2S. The summed E-state index contributed by atoms with van der Waals surface area (Å²) in [4.78, 5) is 1.13. The molecule has 2 rings (SSSR count). The highest BCUT2D eigenvalue weighted by Crippen LogP contribution is 2.39. The van der Waals surface area contributed by atoms with Crippen LogP contribution in [0.25, 0.3) is 0 Å². The molecule has 5 heteroatoms. The number of alkyl halides is 1. The van der Waals surface area contributed by atoms with E-state index in [2.05, 4.69) is 7.85 Å². The third-order valence-corrected chi connectivity index (χ3v) is 3.73. The summed E-state index contributed by atoms with van der Waals surface area (Å²) in [5.41, 5.74) is 0. The SMILES string of the molecule is BC[C@@]1(c2cccs2)OC[C@@H](CCl)O1. The molecule has 0 bridgehead atoms. The van der Waals surface area contributed by atoms with Gasteiger partial charge >= 0.3 is 0 Å². The lowest BCUT2D eigenvalue weighted by Gasteiger charge is -2.25. The van der Waals surface area contributed by atoms with Crippen LogP contribution >= 0.6 is 22.9 Å². The van der Waals surface area contributed by atoms with Gasteiger partial charge in [0, 0.05) is 0 Å². The summed E-state index contributed by atoms with van der Waals surface area (Å²) in [5.74, 6) is -0.0408. The van der Waals surface area contributed by atoms with Gasteiger partial charge in [0.1, 0.15) is 7.85 Å². The van der Waals surface area contributed by atoms with Crippen LogP contribution in [0, 0.1) is 0 Å². The number of hydrogen-bond donors (Lipinski definition) is 0. The van der Waals surface area contributed by atoms with Crippen LogP contribution in [0.4, 0.5) is 0 Å². The van der Waals surface area contributed by atoms with Crippen molar-refractivity contribution < 1.29 is 9.47 Å². The predicted molar refractivity (Wildman–Crippen MR) is 60.9 cm³/mol. The lowest BCUT2D eigenvalue weighted by molar-refractivity contribution is -0.155. The second-order valence-corrected chi connectivity index (χ2v) is 4.55. The molecule has 1 aromatic heterocycles. The van der Waals surface area contributed by atoms with Gasteiger partial charge in [-0.2, -0.15) is 0 Å². The lowest BCUT2D eigenvalue weighted by Crippen LogP contribution is -2.26. The Labute approximate surface area is 93.6 Å². The molecule has 1 aliphatic heterocycles. The van der Waals surface area contributed by atoms with Crippen LogP contribution < -0.4 is 0 Å². The van der Waals surface area contributed by atoms with Crippen LogP contribution in [0.5, 0.6) is 0 Å². The van der Waals surface area contributed by atoms with Gasteiger partial charge in [-0.25, -0.2) is 0 Å². The molecular weight excluding hydrogens is 218 g/mol. The molecule has 2 atom stereocenters. The first-order valence-corrected chi connectivity index (χ1v) is 6.14. The van der Waals surface area contributed by atoms with Crippen molar-refractivity contribution in [1.29, 1.82) is 0 Å². The van der Waals surface area contributed by atoms with Crippen LogP contribution in [0.1, 0.15) is 4.88 Å². The van der Waals surface area contributed by atoms with Crippen molar-refractivity contribution in [3.63, 3.8) is 0 Å². The molecule has 0 amide bonds. The highest BCUT2D eigenvalue weighted by atomic mass is 35.5. The Hall–Kier alpha value is -0.0251. The van der Waals surface area contributed by atoms with E-state index in [-0.39, 0.29) is 6.10 Å². The number of ether oxygens (including phenoxy) is 2. The summed E-state index contributed by atoms with van der Waals surface area (Å²) < 4.78 is 11.6. The van der Waals surface area contributed by atoms with E-state index in [4.69, 9.17) is 21.1 Å². The first-order chi connectivity index (χ1) is 6.80. The average molecular weight is 231 g/mol. The molecule has 76 valence electrons. The molecule has 1 fully saturated rings. The molecule has 0 saturated carbocycles. The third kappa shape index (κ3) is 1.72. The van der Waals surface area contributed by atoms with Crippen molar-refractivity contribution in [1.82, 2.24) is 0 Å². The monoisotopic (exact) mass is 230 g/mol. The van der Waals surface area contributed by atoms with E-state index in [1.807, 2.05) is 17.5 Å². The van der Waals surface area contributed by atoms with Gasteiger partial charge in [-0.05, 0) is 17.8 Å². The Morgan fingerprint density at radius 3 is 3.07 bits per heavy atom. The summed E-state index contributed by atoms with van der Waals surface area (Å²) in [7, 11) is 2.07. The average Bonchev–Trinajstić information content (AvgIpc) is 2.87. The minimum Gasteiger partial charge on any atom is -0.343 e. The molecule has 2 heterocycles. The summed E-state index contributed by atoms with van der Waals surface area (Å²) in [6.07, 6.45) is 0.847.